The van der Waals surface area contributed by atoms with Crippen LogP contribution in [0.3, 0.4) is 0 Å². The minimum absolute atomic E-state index is 0. The van der Waals surface area contributed by atoms with Gasteiger partial charge in [0.05, 0.1) is 13.1 Å². The average molecular weight is 294 g/mol. The highest BCUT2D eigenvalue weighted by molar-refractivity contribution is 4.73. The molecule has 0 aromatic heterocycles. The number of quaternary nitrogens is 1. The van der Waals surface area contributed by atoms with Crippen molar-refractivity contribution in [3.8, 4) is 0 Å². The van der Waals surface area contributed by atoms with Crippen LogP contribution in [-0.2, 0) is 0 Å². The first-order valence-electron chi connectivity index (χ1n) is 5.39. The quantitative estimate of drug-likeness (QED) is 0.399. The van der Waals surface area contributed by atoms with Crippen LogP contribution in [0.15, 0.2) is 25.3 Å². The van der Waals surface area contributed by atoms with E-state index >= 15 is 0 Å². The lowest BCUT2D eigenvalue weighted by atomic mass is 10.2. The summed E-state index contributed by atoms with van der Waals surface area (Å²) in [7, 11) is 0. The van der Waals surface area contributed by atoms with Gasteiger partial charge in [0.1, 0.15) is 25.3 Å². The monoisotopic (exact) mass is 293 g/mol. The van der Waals surface area contributed by atoms with Crippen LogP contribution in [0.2, 0.25) is 0 Å². The SMILES string of the molecule is C=CC[N+](CC=C)(CC(C)O)CC(C)O.[Br-]. The normalized spacial score (nSPS) is 14.8. The van der Waals surface area contributed by atoms with Crippen molar-refractivity contribution in [1.82, 2.24) is 0 Å². The van der Waals surface area contributed by atoms with Crippen LogP contribution >= 0.6 is 0 Å². The summed E-state index contributed by atoms with van der Waals surface area (Å²) in [5.74, 6) is 0. The summed E-state index contributed by atoms with van der Waals surface area (Å²) in [5.41, 5.74) is 0. The Labute approximate surface area is 109 Å². The Bertz CT molecular complexity index is 183. The Hall–Kier alpha value is -0.160. The Balaban J connectivity index is 0. The number of rotatable bonds is 8. The van der Waals surface area contributed by atoms with Crippen LogP contribution in [0.25, 0.3) is 0 Å². The summed E-state index contributed by atoms with van der Waals surface area (Å²) in [6.45, 7) is 13.7. The third kappa shape index (κ3) is 7.17. The van der Waals surface area contributed by atoms with Crippen molar-refractivity contribution in [1.29, 1.82) is 0 Å². The fraction of sp³-hybridized carbons (Fsp3) is 0.667. The zero-order valence-corrected chi connectivity index (χ0v) is 11.9. The van der Waals surface area contributed by atoms with E-state index in [9.17, 15) is 10.2 Å². The van der Waals surface area contributed by atoms with Crippen LogP contribution < -0.4 is 17.0 Å². The van der Waals surface area contributed by atoms with Crippen molar-refractivity contribution < 1.29 is 31.7 Å². The summed E-state index contributed by atoms with van der Waals surface area (Å²) in [6.07, 6.45) is 2.88. The van der Waals surface area contributed by atoms with Gasteiger partial charge in [-0.3, -0.25) is 0 Å². The Kier molecular flexibility index (Phi) is 10.2. The molecule has 0 bridgehead atoms. The van der Waals surface area contributed by atoms with Gasteiger partial charge in [0, 0.05) is 0 Å². The molecule has 0 saturated heterocycles. The molecule has 0 saturated carbocycles. The van der Waals surface area contributed by atoms with Crippen LogP contribution in [0, 0.1) is 0 Å². The molecule has 3 nitrogen and oxygen atoms in total. The second-order valence-corrected chi connectivity index (χ2v) is 4.35. The summed E-state index contributed by atoms with van der Waals surface area (Å²) >= 11 is 0. The van der Waals surface area contributed by atoms with E-state index in [4.69, 9.17) is 0 Å². The van der Waals surface area contributed by atoms with Gasteiger partial charge < -0.3 is 31.7 Å². The molecule has 0 radical (unpaired) electrons. The van der Waals surface area contributed by atoms with Crippen LogP contribution in [0.1, 0.15) is 13.8 Å². The van der Waals surface area contributed by atoms with Gasteiger partial charge >= 0.3 is 0 Å². The third-order valence-corrected chi connectivity index (χ3v) is 2.34. The van der Waals surface area contributed by atoms with E-state index in [-0.39, 0.29) is 29.2 Å². The van der Waals surface area contributed by atoms with E-state index in [1.54, 1.807) is 13.8 Å². The summed E-state index contributed by atoms with van der Waals surface area (Å²) in [4.78, 5) is 0. The molecule has 4 heteroatoms. The second kappa shape index (κ2) is 8.93. The Morgan fingerprint density at radius 2 is 1.31 bits per heavy atom. The molecule has 0 amide bonds. The molecule has 0 aromatic carbocycles. The molecular formula is C12H24BrNO2. The van der Waals surface area contributed by atoms with Crippen LogP contribution in [0.5, 0.6) is 0 Å². The summed E-state index contributed by atoms with van der Waals surface area (Å²) < 4.78 is 0.613. The first kappa shape index (κ1) is 18.2. The van der Waals surface area contributed by atoms with Gasteiger partial charge in [-0.05, 0) is 26.0 Å². The highest BCUT2D eigenvalue weighted by Crippen LogP contribution is 2.11. The number of hydrogen-bond donors (Lipinski definition) is 2. The van der Waals surface area contributed by atoms with Gasteiger partial charge in [-0.1, -0.05) is 13.2 Å². The number of hydrogen-bond acceptors (Lipinski definition) is 2. The van der Waals surface area contributed by atoms with Crippen molar-refractivity contribution in [2.45, 2.75) is 26.1 Å². The molecule has 2 atom stereocenters. The highest BCUT2D eigenvalue weighted by atomic mass is 79.9. The largest absolute Gasteiger partial charge is 1.00 e. The van der Waals surface area contributed by atoms with Crippen molar-refractivity contribution >= 4 is 0 Å². The van der Waals surface area contributed by atoms with Gasteiger partial charge in [0.25, 0.3) is 0 Å². The lowest BCUT2D eigenvalue weighted by molar-refractivity contribution is -0.922. The lowest BCUT2D eigenvalue weighted by Crippen LogP contribution is -3.00. The predicted octanol–water partition coefficient (Wildman–Crippen LogP) is -2.06. The molecule has 0 rings (SSSR count). The topological polar surface area (TPSA) is 40.5 Å². The first-order valence-corrected chi connectivity index (χ1v) is 5.39. The maximum atomic E-state index is 9.49. The van der Waals surface area contributed by atoms with E-state index < -0.39 is 0 Å². The molecule has 0 aliphatic carbocycles. The zero-order chi connectivity index (χ0) is 11.9. The molecule has 0 aromatic rings. The van der Waals surface area contributed by atoms with E-state index in [0.29, 0.717) is 17.6 Å². The molecule has 16 heavy (non-hydrogen) atoms. The van der Waals surface area contributed by atoms with E-state index in [2.05, 4.69) is 13.2 Å². The zero-order valence-electron chi connectivity index (χ0n) is 10.3. The fourth-order valence-corrected chi connectivity index (χ4v) is 2.12. The minimum Gasteiger partial charge on any atom is -1.00 e. The van der Waals surface area contributed by atoms with Crippen molar-refractivity contribution in [3.05, 3.63) is 25.3 Å². The van der Waals surface area contributed by atoms with Crippen molar-refractivity contribution in [2.24, 2.45) is 0 Å². The van der Waals surface area contributed by atoms with Gasteiger partial charge in [0.2, 0.25) is 0 Å². The maximum absolute atomic E-state index is 9.49. The van der Waals surface area contributed by atoms with Crippen LogP contribution in [0.4, 0.5) is 0 Å². The Morgan fingerprint density at radius 3 is 1.50 bits per heavy atom. The smallest absolute Gasteiger partial charge is 0.105 e. The van der Waals surface area contributed by atoms with E-state index in [1.165, 1.54) is 0 Å². The lowest BCUT2D eigenvalue weighted by Gasteiger charge is -2.38. The molecule has 0 aliphatic heterocycles. The number of halogens is 1. The third-order valence-electron chi connectivity index (χ3n) is 2.34. The molecular weight excluding hydrogens is 270 g/mol. The number of aliphatic hydroxyl groups is 2. The minimum atomic E-state index is -0.386. The standard InChI is InChI=1S/C12H24NO2.BrH/c1-5-7-13(8-6-2,9-11(3)14)10-12(4)15;/h5-6,11-12,14-15H,1-2,7-10H2,3-4H3;1H/q+1;/p-1. The van der Waals surface area contributed by atoms with Gasteiger partial charge in [-0.15, -0.1) is 0 Å². The molecule has 96 valence electrons. The molecule has 0 fully saturated rings. The predicted molar refractivity (Wildman–Crippen MR) is 63.5 cm³/mol. The molecule has 2 N–H and O–H groups in total. The highest BCUT2D eigenvalue weighted by Gasteiger charge is 2.28. The van der Waals surface area contributed by atoms with Gasteiger partial charge in [-0.2, -0.15) is 0 Å². The maximum Gasteiger partial charge on any atom is 0.105 e. The van der Waals surface area contributed by atoms with Crippen molar-refractivity contribution in [3.63, 3.8) is 0 Å². The Morgan fingerprint density at radius 1 is 1.00 bits per heavy atom. The van der Waals surface area contributed by atoms with Crippen LogP contribution in [-0.4, -0.2) is 53.1 Å². The molecule has 0 heterocycles. The number of aliphatic hydroxyl groups excluding tert-OH is 2. The summed E-state index contributed by atoms with van der Waals surface area (Å²) in [6, 6.07) is 0. The van der Waals surface area contributed by atoms with Gasteiger partial charge in [-0.25, -0.2) is 0 Å². The molecule has 0 aliphatic rings. The van der Waals surface area contributed by atoms with E-state index in [1.807, 2.05) is 12.2 Å². The first-order chi connectivity index (χ1) is 6.95. The average Bonchev–Trinajstić information content (AvgIpc) is 2.01. The fourth-order valence-electron chi connectivity index (χ4n) is 2.12. The van der Waals surface area contributed by atoms with Crippen molar-refractivity contribution in [2.75, 3.05) is 26.2 Å². The second-order valence-electron chi connectivity index (χ2n) is 4.35. The molecule has 2 unspecified atom stereocenters. The van der Waals surface area contributed by atoms with Gasteiger partial charge in [0.15, 0.2) is 0 Å². The molecule has 0 spiro atoms. The number of nitrogens with zero attached hydrogens (tertiary/aromatic N) is 1. The summed E-state index contributed by atoms with van der Waals surface area (Å²) in [5, 5.41) is 19.0. The van der Waals surface area contributed by atoms with E-state index in [0.717, 1.165) is 13.1 Å².